The Morgan fingerprint density at radius 2 is 2.00 bits per heavy atom. The van der Waals surface area contributed by atoms with Crippen molar-refractivity contribution in [1.82, 2.24) is 25.0 Å². The molecular weight excluding hydrogens is 339 g/mol. The molecule has 24 heavy (non-hydrogen) atoms. The van der Waals surface area contributed by atoms with E-state index >= 15 is 0 Å². The van der Waals surface area contributed by atoms with Gasteiger partial charge in [-0.1, -0.05) is 6.07 Å². The van der Waals surface area contributed by atoms with Gasteiger partial charge in [0.15, 0.2) is 29.1 Å². The number of benzene rings is 1. The molecule has 126 valence electrons. The molecule has 0 unspecified atom stereocenters. The topological polar surface area (TPSA) is 59.4 Å². The number of aromatic nitrogens is 5. The van der Waals surface area contributed by atoms with Gasteiger partial charge in [-0.15, -0.1) is 0 Å². The van der Waals surface area contributed by atoms with Crippen LogP contribution in [0.4, 0.5) is 13.2 Å². The number of hydrogen-bond donors (Lipinski definition) is 1. The number of rotatable bonds is 6. The van der Waals surface area contributed by atoms with Gasteiger partial charge in [0, 0.05) is 12.2 Å². The van der Waals surface area contributed by atoms with Crippen LogP contribution in [0.15, 0.2) is 24.4 Å². The number of nitrogens with zero attached hydrogens (tertiary/aromatic N) is 4. The molecule has 0 saturated heterocycles. The van der Waals surface area contributed by atoms with Crippen LogP contribution in [0.1, 0.15) is 11.4 Å². The van der Waals surface area contributed by atoms with Crippen molar-refractivity contribution in [2.24, 2.45) is 0 Å². The van der Waals surface area contributed by atoms with Crippen LogP contribution in [-0.4, -0.2) is 37.0 Å². The highest BCUT2D eigenvalue weighted by Gasteiger charge is 2.18. The van der Waals surface area contributed by atoms with E-state index < -0.39 is 17.5 Å². The molecule has 0 aliphatic carbocycles. The van der Waals surface area contributed by atoms with Gasteiger partial charge >= 0.3 is 0 Å². The molecule has 3 aromatic rings. The molecule has 5 nitrogen and oxygen atoms in total. The molecular formula is C15H14F3N5S. The molecule has 0 fully saturated rings. The van der Waals surface area contributed by atoms with Gasteiger partial charge in [-0.05, 0) is 24.0 Å². The third-order valence-corrected chi connectivity index (χ3v) is 3.99. The zero-order chi connectivity index (χ0) is 17.1. The van der Waals surface area contributed by atoms with Crippen LogP contribution in [0, 0.1) is 17.5 Å². The standard InChI is InChI=1S/C15H14F3N5S/c1-24-5-4-13-20-15(14-12(18)7-19-21-14)23(22-13)8-9-2-3-10(16)11(17)6-9/h2-3,6-7H,4-5,8H2,1H3,(H,19,21). The number of H-pyrrole nitrogens is 1. The van der Waals surface area contributed by atoms with Crippen molar-refractivity contribution in [1.29, 1.82) is 0 Å². The molecule has 0 spiro atoms. The zero-order valence-electron chi connectivity index (χ0n) is 12.8. The van der Waals surface area contributed by atoms with Gasteiger partial charge in [-0.25, -0.2) is 22.8 Å². The van der Waals surface area contributed by atoms with Crippen molar-refractivity contribution < 1.29 is 13.2 Å². The lowest BCUT2D eigenvalue weighted by Crippen LogP contribution is -2.06. The third kappa shape index (κ3) is 3.45. The van der Waals surface area contributed by atoms with Gasteiger partial charge in [0.05, 0.1) is 12.7 Å². The number of aromatic amines is 1. The number of hydrogen-bond acceptors (Lipinski definition) is 4. The summed E-state index contributed by atoms with van der Waals surface area (Å²) in [6, 6.07) is 3.59. The van der Waals surface area contributed by atoms with E-state index in [1.54, 1.807) is 11.8 Å². The number of nitrogens with one attached hydrogen (secondary N) is 1. The summed E-state index contributed by atoms with van der Waals surface area (Å²) in [5, 5.41) is 10.6. The lowest BCUT2D eigenvalue weighted by atomic mass is 10.2. The summed E-state index contributed by atoms with van der Waals surface area (Å²) in [4.78, 5) is 4.35. The smallest absolute Gasteiger partial charge is 0.179 e. The first kappa shape index (κ1) is 16.6. The molecule has 0 atom stereocenters. The average molecular weight is 353 g/mol. The number of aryl methyl sites for hydroxylation is 1. The second-order valence-electron chi connectivity index (χ2n) is 5.09. The molecule has 0 bridgehead atoms. The SMILES string of the molecule is CSCCc1nc(-c2[nH]ncc2F)n(Cc2ccc(F)c(F)c2)n1. The Morgan fingerprint density at radius 3 is 2.67 bits per heavy atom. The van der Waals surface area contributed by atoms with Crippen LogP contribution in [0.3, 0.4) is 0 Å². The van der Waals surface area contributed by atoms with Crippen LogP contribution in [0.2, 0.25) is 0 Å². The average Bonchev–Trinajstić information content (AvgIpc) is 3.15. The van der Waals surface area contributed by atoms with Crippen LogP contribution in [0.25, 0.3) is 11.5 Å². The zero-order valence-corrected chi connectivity index (χ0v) is 13.6. The van der Waals surface area contributed by atoms with E-state index in [1.807, 2.05) is 6.26 Å². The molecule has 3 rings (SSSR count). The molecule has 0 aliphatic heterocycles. The summed E-state index contributed by atoms with van der Waals surface area (Å²) in [7, 11) is 0. The summed E-state index contributed by atoms with van der Waals surface area (Å²) >= 11 is 1.64. The summed E-state index contributed by atoms with van der Waals surface area (Å²) in [6.45, 7) is 0.136. The fourth-order valence-electron chi connectivity index (χ4n) is 2.22. The first-order valence-electron chi connectivity index (χ1n) is 7.14. The highest BCUT2D eigenvalue weighted by Crippen LogP contribution is 2.20. The van der Waals surface area contributed by atoms with Crippen LogP contribution >= 0.6 is 11.8 Å². The van der Waals surface area contributed by atoms with E-state index in [-0.39, 0.29) is 18.1 Å². The summed E-state index contributed by atoms with van der Waals surface area (Å²) in [5.41, 5.74) is 0.608. The minimum atomic E-state index is -0.940. The van der Waals surface area contributed by atoms with Crippen molar-refractivity contribution in [3.63, 3.8) is 0 Å². The van der Waals surface area contributed by atoms with Crippen LogP contribution in [0.5, 0.6) is 0 Å². The van der Waals surface area contributed by atoms with Crippen molar-refractivity contribution in [3.05, 3.63) is 53.2 Å². The second kappa shape index (κ2) is 7.08. The summed E-state index contributed by atoms with van der Waals surface area (Å²) < 4.78 is 41.8. The Labute approximate surface area is 140 Å². The summed E-state index contributed by atoms with van der Waals surface area (Å²) in [6.07, 6.45) is 3.63. The molecule has 2 aromatic heterocycles. The van der Waals surface area contributed by atoms with Crippen molar-refractivity contribution in [2.45, 2.75) is 13.0 Å². The maximum Gasteiger partial charge on any atom is 0.179 e. The molecule has 0 saturated carbocycles. The predicted octanol–water partition coefficient (Wildman–Crippen LogP) is 3.04. The molecule has 1 N–H and O–H groups in total. The largest absolute Gasteiger partial charge is 0.272 e. The Bertz CT molecular complexity index is 846. The van der Waals surface area contributed by atoms with Crippen molar-refractivity contribution >= 4 is 11.8 Å². The molecule has 0 aliphatic rings. The van der Waals surface area contributed by atoms with Gasteiger partial charge in [0.25, 0.3) is 0 Å². The highest BCUT2D eigenvalue weighted by molar-refractivity contribution is 7.98. The van der Waals surface area contributed by atoms with E-state index in [2.05, 4.69) is 20.3 Å². The van der Waals surface area contributed by atoms with E-state index in [4.69, 9.17) is 0 Å². The van der Waals surface area contributed by atoms with Gasteiger partial charge in [0.2, 0.25) is 0 Å². The van der Waals surface area contributed by atoms with E-state index in [0.29, 0.717) is 17.8 Å². The Hall–Kier alpha value is -2.29. The van der Waals surface area contributed by atoms with Crippen LogP contribution in [-0.2, 0) is 13.0 Å². The monoisotopic (exact) mass is 353 g/mol. The number of halogens is 3. The van der Waals surface area contributed by atoms with Gasteiger partial charge < -0.3 is 0 Å². The normalized spacial score (nSPS) is 11.2. The van der Waals surface area contributed by atoms with Gasteiger partial charge in [0.1, 0.15) is 5.69 Å². The maximum absolute atomic E-state index is 13.8. The molecule has 9 heteroatoms. The minimum absolute atomic E-state index is 0.112. The van der Waals surface area contributed by atoms with Crippen LogP contribution < -0.4 is 0 Å². The Morgan fingerprint density at radius 1 is 1.17 bits per heavy atom. The molecule has 0 amide bonds. The van der Waals surface area contributed by atoms with Crippen molar-refractivity contribution in [3.8, 4) is 11.5 Å². The predicted molar refractivity (Wildman–Crippen MR) is 85.1 cm³/mol. The third-order valence-electron chi connectivity index (χ3n) is 3.38. The maximum atomic E-state index is 13.8. The molecule has 0 radical (unpaired) electrons. The van der Waals surface area contributed by atoms with E-state index in [9.17, 15) is 13.2 Å². The minimum Gasteiger partial charge on any atom is -0.272 e. The van der Waals surface area contributed by atoms with Gasteiger partial charge in [-0.3, -0.25) is 5.10 Å². The van der Waals surface area contributed by atoms with Crippen molar-refractivity contribution in [2.75, 3.05) is 12.0 Å². The molecule has 2 heterocycles. The van der Waals surface area contributed by atoms with E-state index in [0.717, 1.165) is 24.1 Å². The Kier molecular flexibility index (Phi) is 4.89. The Balaban J connectivity index is 1.96. The first-order chi connectivity index (χ1) is 11.6. The molecule has 1 aromatic carbocycles. The quantitative estimate of drug-likeness (QED) is 0.740. The fraction of sp³-hybridized carbons (Fsp3) is 0.267. The summed E-state index contributed by atoms with van der Waals surface area (Å²) in [5.74, 6) is -0.769. The fourth-order valence-corrected chi connectivity index (χ4v) is 2.61. The number of thioether (sulfide) groups is 1. The highest BCUT2D eigenvalue weighted by atomic mass is 32.2. The lowest BCUT2D eigenvalue weighted by Gasteiger charge is -2.05. The van der Waals surface area contributed by atoms with E-state index in [1.165, 1.54) is 10.7 Å². The second-order valence-corrected chi connectivity index (χ2v) is 6.08. The first-order valence-corrected chi connectivity index (χ1v) is 8.53. The van der Waals surface area contributed by atoms with Gasteiger partial charge in [-0.2, -0.15) is 22.0 Å². The lowest BCUT2D eigenvalue weighted by molar-refractivity contribution is 0.505.